The molecule has 2 aromatic heterocycles. The number of nitrogens with two attached hydrogens (primary N) is 1. The Bertz CT molecular complexity index is 1000. The highest BCUT2D eigenvalue weighted by Crippen LogP contribution is 2.31. The van der Waals surface area contributed by atoms with E-state index in [1.165, 1.54) is 6.20 Å². The second kappa shape index (κ2) is 8.69. The van der Waals surface area contributed by atoms with E-state index in [0.717, 1.165) is 5.69 Å². The summed E-state index contributed by atoms with van der Waals surface area (Å²) in [6.07, 6.45) is 3.28. The molecule has 1 aliphatic heterocycles. The molecule has 0 aliphatic carbocycles. The predicted molar refractivity (Wildman–Crippen MR) is 114 cm³/mol. The molecule has 3 aromatic rings. The summed E-state index contributed by atoms with van der Waals surface area (Å²) in [5.74, 6) is 1.96. The van der Waals surface area contributed by atoms with Crippen molar-refractivity contribution in [1.29, 1.82) is 0 Å². The van der Waals surface area contributed by atoms with E-state index in [4.69, 9.17) is 15.2 Å². The van der Waals surface area contributed by atoms with Crippen molar-refractivity contribution in [2.75, 3.05) is 43.9 Å². The average Bonchev–Trinajstić information content (AvgIpc) is 2.80. The maximum atomic E-state index is 12.9. The van der Waals surface area contributed by atoms with Gasteiger partial charge in [-0.3, -0.25) is 4.79 Å². The molecule has 0 bridgehead atoms. The minimum Gasteiger partial charge on any atom is -0.493 e. The van der Waals surface area contributed by atoms with Gasteiger partial charge in [-0.05, 0) is 24.3 Å². The standard InChI is InChI=1S/C22H23N5O3/c1-29-19-13-18(24-15-20(19)30-17-5-3-2-4-6-17)22(28)27-11-9-26(10-12-27)16-7-8-21(23)25-14-16/h2-8,13-15H,9-12H2,1H3,(H2,23,25). The van der Waals surface area contributed by atoms with Crippen LogP contribution < -0.4 is 20.1 Å². The zero-order chi connectivity index (χ0) is 20.9. The van der Waals surface area contributed by atoms with Crippen LogP contribution in [-0.4, -0.2) is 54.1 Å². The van der Waals surface area contributed by atoms with E-state index in [1.807, 2.05) is 36.4 Å². The summed E-state index contributed by atoms with van der Waals surface area (Å²) in [5.41, 5.74) is 6.98. The zero-order valence-corrected chi connectivity index (χ0v) is 16.7. The number of amides is 1. The third-order valence-corrected chi connectivity index (χ3v) is 4.94. The summed E-state index contributed by atoms with van der Waals surface area (Å²) >= 11 is 0. The maximum Gasteiger partial charge on any atom is 0.272 e. The van der Waals surface area contributed by atoms with E-state index in [1.54, 1.807) is 30.3 Å². The number of anilines is 2. The maximum absolute atomic E-state index is 12.9. The lowest BCUT2D eigenvalue weighted by atomic mass is 10.2. The number of piperazine rings is 1. The van der Waals surface area contributed by atoms with E-state index < -0.39 is 0 Å². The van der Waals surface area contributed by atoms with Crippen molar-refractivity contribution in [3.05, 3.63) is 66.6 Å². The van der Waals surface area contributed by atoms with Gasteiger partial charge in [-0.15, -0.1) is 0 Å². The van der Waals surface area contributed by atoms with Crippen LogP contribution in [0.1, 0.15) is 10.5 Å². The number of benzene rings is 1. The van der Waals surface area contributed by atoms with Crippen LogP contribution in [0.15, 0.2) is 60.9 Å². The lowest BCUT2D eigenvalue weighted by Gasteiger charge is -2.35. The Morgan fingerprint density at radius 3 is 2.40 bits per heavy atom. The number of para-hydroxylation sites is 1. The third kappa shape index (κ3) is 4.27. The molecular formula is C22H23N5O3. The zero-order valence-electron chi connectivity index (χ0n) is 16.7. The third-order valence-electron chi connectivity index (χ3n) is 4.94. The van der Waals surface area contributed by atoms with Crippen LogP contribution in [0.4, 0.5) is 11.5 Å². The first-order valence-electron chi connectivity index (χ1n) is 9.67. The monoisotopic (exact) mass is 405 g/mol. The molecule has 8 nitrogen and oxygen atoms in total. The van der Waals surface area contributed by atoms with Gasteiger partial charge in [0.25, 0.3) is 5.91 Å². The van der Waals surface area contributed by atoms with Crippen molar-refractivity contribution in [2.24, 2.45) is 0 Å². The number of pyridine rings is 2. The van der Waals surface area contributed by atoms with E-state index in [9.17, 15) is 4.79 Å². The van der Waals surface area contributed by atoms with Crippen LogP contribution in [0.5, 0.6) is 17.2 Å². The minimum absolute atomic E-state index is 0.130. The van der Waals surface area contributed by atoms with Gasteiger partial charge in [0.2, 0.25) is 0 Å². The quantitative estimate of drug-likeness (QED) is 0.697. The van der Waals surface area contributed by atoms with Crippen LogP contribution in [0, 0.1) is 0 Å². The number of aromatic nitrogens is 2. The number of methoxy groups -OCH3 is 1. The first kappa shape index (κ1) is 19.5. The molecule has 0 atom stereocenters. The molecule has 0 unspecified atom stereocenters. The molecule has 0 saturated carbocycles. The van der Waals surface area contributed by atoms with Crippen LogP contribution in [-0.2, 0) is 0 Å². The summed E-state index contributed by atoms with van der Waals surface area (Å²) in [6.45, 7) is 2.61. The highest BCUT2D eigenvalue weighted by molar-refractivity contribution is 5.93. The summed E-state index contributed by atoms with van der Waals surface area (Å²) in [7, 11) is 1.54. The van der Waals surface area contributed by atoms with Gasteiger partial charge < -0.3 is 25.0 Å². The van der Waals surface area contributed by atoms with Gasteiger partial charge in [0, 0.05) is 32.2 Å². The Hall–Kier alpha value is -3.81. The van der Waals surface area contributed by atoms with Crippen molar-refractivity contribution in [1.82, 2.24) is 14.9 Å². The predicted octanol–water partition coefficient (Wildman–Crippen LogP) is 2.82. The topological polar surface area (TPSA) is 93.8 Å². The van der Waals surface area contributed by atoms with Crippen molar-refractivity contribution in [3.63, 3.8) is 0 Å². The molecule has 1 amide bonds. The first-order chi connectivity index (χ1) is 14.6. The number of carbonyl (C=O) groups excluding carboxylic acids is 1. The molecule has 1 fully saturated rings. The van der Waals surface area contributed by atoms with Gasteiger partial charge in [-0.1, -0.05) is 18.2 Å². The molecule has 4 rings (SSSR count). The number of rotatable bonds is 5. The Labute approximate surface area is 174 Å². The molecule has 1 aromatic carbocycles. The van der Waals surface area contributed by atoms with Crippen LogP contribution >= 0.6 is 0 Å². The lowest BCUT2D eigenvalue weighted by Crippen LogP contribution is -2.49. The van der Waals surface area contributed by atoms with Crippen molar-refractivity contribution in [3.8, 4) is 17.2 Å². The van der Waals surface area contributed by atoms with Crippen molar-refractivity contribution < 1.29 is 14.3 Å². The molecule has 3 heterocycles. The van der Waals surface area contributed by atoms with Crippen molar-refractivity contribution >= 4 is 17.4 Å². The van der Waals surface area contributed by atoms with E-state index in [0.29, 0.717) is 54.9 Å². The van der Waals surface area contributed by atoms with Gasteiger partial charge in [-0.25, -0.2) is 9.97 Å². The molecule has 0 spiro atoms. The van der Waals surface area contributed by atoms with Crippen LogP contribution in [0.2, 0.25) is 0 Å². The van der Waals surface area contributed by atoms with Gasteiger partial charge >= 0.3 is 0 Å². The largest absolute Gasteiger partial charge is 0.493 e. The fourth-order valence-corrected chi connectivity index (χ4v) is 3.31. The second-order valence-corrected chi connectivity index (χ2v) is 6.86. The molecule has 8 heteroatoms. The highest BCUT2D eigenvalue weighted by atomic mass is 16.5. The van der Waals surface area contributed by atoms with Crippen LogP contribution in [0.3, 0.4) is 0 Å². The Balaban J connectivity index is 1.42. The number of hydrogen-bond acceptors (Lipinski definition) is 7. The fourth-order valence-electron chi connectivity index (χ4n) is 3.31. The van der Waals surface area contributed by atoms with Crippen LogP contribution in [0.25, 0.3) is 0 Å². The summed E-state index contributed by atoms with van der Waals surface area (Å²) < 4.78 is 11.2. The molecule has 0 radical (unpaired) electrons. The van der Waals surface area contributed by atoms with E-state index in [2.05, 4.69) is 14.9 Å². The number of carbonyl (C=O) groups is 1. The van der Waals surface area contributed by atoms with E-state index in [-0.39, 0.29) is 5.91 Å². The molecular weight excluding hydrogens is 382 g/mol. The minimum atomic E-state index is -0.130. The number of nitrogen functional groups attached to an aromatic ring is 1. The van der Waals surface area contributed by atoms with E-state index >= 15 is 0 Å². The first-order valence-corrected chi connectivity index (χ1v) is 9.67. The highest BCUT2D eigenvalue weighted by Gasteiger charge is 2.24. The molecule has 154 valence electrons. The van der Waals surface area contributed by atoms with Gasteiger partial charge in [0.15, 0.2) is 11.5 Å². The molecule has 2 N–H and O–H groups in total. The van der Waals surface area contributed by atoms with Gasteiger partial charge in [0.05, 0.1) is 25.2 Å². The summed E-state index contributed by atoms with van der Waals surface area (Å²) in [5, 5.41) is 0. The smallest absolute Gasteiger partial charge is 0.272 e. The Morgan fingerprint density at radius 1 is 0.967 bits per heavy atom. The molecule has 1 saturated heterocycles. The Kier molecular flexibility index (Phi) is 5.65. The molecule has 30 heavy (non-hydrogen) atoms. The van der Waals surface area contributed by atoms with Crippen molar-refractivity contribution in [2.45, 2.75) is 0 Å². The SMILES string of the molecule is COc1cc(C(=O)N2CCN(c3ccc(N)nc3)CC2)ncc1Oc1ccccc1. The Morgan fingerprint density at radius 2 is 1.73 bits per heavy atom. The number of nitrogens with zero attached hydrogens (tertiary/aromatic N) is 4. The molecule has 1 aliphatic rings. The lowest BCUT2D eigenvalue weighted by molar-refractivity contribution is 0.0740. The fraction of sp³-hybridized carbons (Fsp3) is 0.227. The summed E-state index contributed by atoms with van der Waals surface area (Å²) in [6, 6.07) is 14.7. The van der Waals surface area contributed by atoms with Gasteiger partial charge in [0.1, 0.15) is 17.3 Å². The van der Waals surface area contributed by atoms with Gasteiger partial charge in [-0.2, -0.15) is 0 Å². The summed E-state index contributed by atoms with van der Waals surface area (Å²) in [4.78, 5) is 25.4. The number of ether oxygens (including phenoxy) is 2. The average molecular weight is 405 g/mol. The normalized spacial score (nSPS) is 13.8. The second-order valence-electron chi connectivity index (χ2n) is 6.86. The number of hydrogen-bond donors (Lipinski definition) is 1.